The molecule has 0 bridgehead atoms. The van der Waals surface area contributed by atoms with Crippen molar-refractivity contribution in [3.63, 3.8) is 0 Å². The molecule has 0 atom stereocenters. The third kappa shape index (κ3) is 4.44. The summed E-state index contributed by atoms with van der Waals surface area (Å²) in [5.74, 6) is 1.27. The number of anilines is 1. The van der Waals surface area contributed by atoms with Crippen LogP contribution in [0.15, 0.2) is 60.9 Å². The van der Waals surface area contributed by atoms with Crippen LogP contribution in [0, 0.1) is 12.8 Å². The van der Waals surface area contributed by atoms with E-state index in [0.717, 1.165) is 68.8 Å². The number of likely N-dealkylation sites (tertiary alicyclic amines) is 1. The zero-order valence-corrected chi connectivity index (χ0v) is 22.6. The van der Waals surface area contributed by atoms with E-state index >= 15 is 0 Å². The number of rotatable bonds is 5. The number of benzene rings is 2. The summed E-state index contributed by atoms with van der Waals surface area (Å²) in [5, 5.41) is 7.17. The van der Waals surface area contributed by atoms with Gasteiger partial charge in [0, 0.05) is 23.1 Å². The van der Waals surface area contributed by atoms with Crippen molar-refractivity contribution in [3.8, 4) is 22.5 Å². The molecule has 7 heteroatoms. The van der Waals surface area contributed by atoms with E-state index in [0.29, 0.717) is 11.9 Å². The van der Waals surface area contributed by atoms with Gasteiger partial charge in [0.15, 0.2) is 5.65 Å². The maximum absolute atomic E-state index is 6.49. The predicted molar refractivity (Wildman–Crippen MR) is 157 cm³/mol. The SMILES string of the molecule is Cc1c(-c2nn(C3CCC(CN4CCCC4)CC3)c3ncnc(N)c23)ccc2ccc(-c3ccccc3)nc12. The second kappa shape index (κ2) is 10.0. The largest absolute Gasteiger partial charge is 0.383 e. The quantitative estimate of drug-likeness (QED) is 0.289. The van der Waals surface area contributed by atoms with Crippen LogP contribution in [-0.4, -0.2) is 49.3 Å². The first-order valence-corrected chi connectivity index (χ1v) is 14.3. The van der Waals surface area contributed by atoms with Crippen LogP contribution in [0.5, 0.6) is 0 Å². The Morgan fingerprint density at radius 2 is 1.67 bits per heavy atom. The Balaban J connectivity index is 1.26. The van der Waals surface area contributed by atoms with Crippen molar-refractivity contribution in [1.82, 2.24) is 29.6 Å². The van der Waals surface area contributed by atoms with E-state index in [-0.39, 0.29) is 0 Å². The highest BCUT2D eigenvalue weighted by atomic mass is 15.3. The number of nitrogen functional groups attached to an aromatic ring is 1. The fraction of sp³-hybridized carbons (Fsp3) is 0.375. The Bertz CT molecular complexity index is 1630. The van der Waals surface area contributed by atoms with Crippen molar-refractivity contribution in [1.29, 1.82) is 0 Å². The number of hydrogen-bond donors (Lipinski definition) is 1. The van der Waals surface area contributed by atoms with E-state index in [2.05, 4.69) is 57.9 Å². The molecule has 1 aliphatic heterocycles. The first-order chi connectivity index (χ1) is 19.2. The summed E-state index contributed by atoms with van der Waals surface area (Å²) in [7, 11) is 0. The highest BCUT2D eigenvalue weighted by molar-refractivity contribution is 6.01. The van der Waals surface area contributed by atoms with Gasteiger partial charge in [-0.05, 0) is 76.1 Å². The Labute approximate surface area is 229 Å². The van der Waals surface area contributed by atoms with Crippen LogP contribution in [0.2, 0.25) is 0 Å². The average Bonchev–Trinajstić information content (AvgIpc) is 3.63. The number of pyridine rings is 1. The summed E-state index contributed by atoms with van der Waals surface area (Å²) < 4.78 is 2.15. The summed E-state index contributed by atoms with van der Waals surface area (Å²) in [6.45, 7) is 5.93. The maximum atomic E-state index is 6.49. The van der Waals surface area contributed by atoms with Gasteiger partial charge in [0.25, 0.3) is 0 Å². The van der Waals surface area contributed by atoms with Gasteiger partial charge in [0.2, 0.25) is 0 Å². The van der Waals surface area contributed by atoms with Crippen molar-refractivity contribution >= 4 is 27.8 Å². The lowest BCUT2D eigenvalue weighted by Gasteiger charge is -2.31. The van der Waals surface area contributed by atoms with Gasteiger partial charge in [-0.15, -0.1) is 0 Å². The van der Waals surface area contributed by atoms with Crippen LogP contribution in [0.3, 0.4) is 0 Å². The second-order valence-electron chi connectivity index (χ2n) is 11.3. The molecule has 4 heterocycles. The second-order valence-corrected chi connectivity index (χ2v) is 11.3. The highest BCUT2D eigenvalue weighted by Gasteiger charge is 2.29. The van der Waals surface area contributed by atoms with Crippen LogP contribution in [0.1, 0.15) is 50.1 Å². The van der Waals surface area contributed by atoms with Gasteiger partial charge in [-0.2, -0.15) is 5.10 Å². The fourth-order valence-corrected chi connectivity index (χ4v) is 6.70. The van der Waals surface area contributed by atoms with E-state index in [1.807, 2.05) is 18.2 Å². The maximum Gasteiger partial charge on any atom is 0.164 e. The van der Waals surface area contributed by atoms with Gasteiger partial charge in [-0.1, -0.05) is 48.5 Å². The van der Waals surface area contributed by atoms with Gasteiger partial charge in [0.1, 0.15) is 17.8 Å². The number of aryl methyl sites for hydroxylation is 1. The molecule has 3 aromatic heterocycles. The third-order valence-electron chi connectivity index (χ3n) is 8.84. The highest BCUT2D eigenvalue weighted by Crippen LogP contribution is 2.39. The lowest BCUT2D eigenvalue weighted by atomic mass is 9.86. The zero-order chi connectivity index (χ0) is 26.3. The van der Waals surface area contributed by atoms with Crippen molar-refractivity contribution in [2.45, 2.75) is 51.5 Å². The minimum atomic E-state index is 0.328. The average molecular weight is 518 g/mol. The minimum absolute atomic E-state index is 0.328. The predicted octanol–water partition coefficient (Wildman–Crippen LogP) is 6.43. The third-order valence-corrected chi connectivity index (χ3v) is 8.84. The molecule has 198 valence electrons. The molecule has 0 spiro atoms. The molecule has 2 fully saturated rings. The zero-order valence-electron chi connectivity index (χ0n) is 22.6. The molecule has 1 saturated heterocycles. The van der Waals surface area contributed by atoms with Gasteiger partial charge in [-0.25, -0.2) is 19.6 Å². The van der Waals surface area contributed by atoms with Crippen molar-refractivity contribution in [3.05, 3.63) is 66.5 Å². The van der Waals surface area contributed by atoms with Crippen LogP contribution in [0.25, 0.3) is 44.5 Å². The molecule has 7 rings (SSSR count). The van der Waals surface area contributed by atoms with Crippen molar-refractivity contribution < 1.29 is 0 Å². The van der Waals surface area contributed by atoms with Crippen molar-refractivity contribution in [2.75, 3.05) is 25.4 Å². The summed E-state index contributed by atoms with van der Waals surface area (Å²) in [4.78, 5) is 16.8. The summed E-state index contributed by atoms with van der Waals surface area (Å²) in [6, 6.07) is 19.2. The first-order valence-electron chi connectivity index (χ1n) is 14.3. The molecule has 1 saturated carbocycles. The van der Waals surface area contributed by atoms with Gasteiger partial charge in [-0.3, -0.25) is 0 Å². The standard InChI is InChI=1S/C32H35N7/c1-21-26(15-11-24-12-16-27(36-29(21)24)23-7-3-2-4-8-23)30-28-31(33)34-20-35-32(28)39(37-30)25-13-9-22(10-14-25)19-38-17-5-6-18-38/h2-4,7-8,11-12,15-16,20,22,25H,5-6,9-10,13-14,17-19H2,1H3,(H2,33,34,35). The molecular weight excluding hydrogens is 482 g/mol. The Kier molecular flexibility index (Phi) is 6.24. The molecule has 7 nitrogen and oxygen atoms in total. The molecule has 2 aliphatic rings. The number of hydrogen-bond acceptors (Lipinski definition) is 6. The molecule has 39 heavy (non-hydrogen) atoms. The van der Waals surface area contributed by atoms with E-state index in [1.165, 1.54) is 45.3 Å². The lowest BCUT2D eigenvalue weighted by molar-refractivity contribution is 0.201. The van der Waals surface area contributed by atoms with Gasteiger partial charge in [0.05, 0.1) is 22.6 Å². The monoisotopic (exact) mass is 517 g/mol. The van der Waals surface area contributed by atoms with Crippen LogP contribution in [-0.2, 0) is 0 Å². The van der Waals surface area contributed by atoms with E-state index in [1.54, 1.807) is 6.33 Å². The van der Waals surface area contributed by atoms with Crippen LogP contribution < -0.4 is 5.73 Å². The molecule has 0 unspecified atom stereocenters. The number of aromatic nitrogens is 5. The first kappa shape index (κ1) is 24.2. The lowest BCUT2D eigenvalue weighted by Crippen LogP contribution is -2.30. The fourth-order valence-electron chi connectivity index (χ4n) is 6.70. The Morgan fingerprint density at radius 3 is 2.46 bits per heavy atom. The smallest absolute Gasteiger partial charge is 0.164 e. The van der Waals surface area contributed by atoms with Gasteiger partial charge < -0.3 is 10.6 Å². The minimum Gasteiger partial charge on any atom is -0.383 e. The Hall–Kier alpha value is -3.84. The molecule has 0 amide bonds. The molecule has 2 N–H and O–H groups in total. The number of nitrogens with zero attached hydrogens (tertiary/aromatic N) is 6. The molecule has 5 aromatic rings. The number of fused-ring (bicyclic) bond motifs is 2. The molecule has 1 aliphatic carbocycles. The topological polar surface area (TPSA) is 85.8 Å². The normalized spacial score (nSPS) is 20.2. The van der Waals surface area contributed by atoms with Crippen molar-refractivity contribution in [2.24, 2.45) is 5.92 Å². The van der Waals surface area contributed by atoms with Crippen LogP contribution >= 0.6 is 0 Å². The summed E-state index contributed by atoms with van der Waals surface area (Å²) in [5.41, 5.74) is 13.4. The summed E-state index contributed by atoms with van der Waals surface area (Å²) >= 11 is 0. The number of nitrogens with two attached hydrogens (primary N) is 1. The van der Waals surface area contributed by atoms with Gasteiger partial charge >= 0.3 is 0 Å². The van der Waals surface area contributed by atoms with Crippen LogP contribution in [0.4, 0.5) is 5.82 Å². The molecule has 2 aromatic carbocycles. The van der Waals surface area contributed by atoms with E-state index in [9.17, 15) is 0 Å². The van der Waals surface area contributed by atoms with E-state index < -0.39 is 0 Å². The molecular formula is C32H35N7. The molecule has 0 radical (unpaired) electrons. The Morgan fingerprint density at radius 1 is 0.897 bits per heavy atom. The van der Waals surface area contributed by atoms with E-state index in [4.69, 9.17) is 20.8 Å². The summed E-state index contributed by atoms with van der Waals surface area (Å²) in [6.07, 6.45) is 9.00.